The minimum Gasteiger partial charge on any atom is -0.489 e. The van der Waals surface area contributed by atoms with Crippen LogP contribution in [0.2, 0.25) is 5.02 Å². The first kappa shape index (κ1) is 17.6. The fourth-order valence-corrected chi connectivity index (χ4v) is 2.16. The van der Waals surface area contributed by atoms with Crippen LogP contribution in [-0.2, 0) is 6.61 Å². The minimum absolute atomic E-state index is 0.204. The van der Waals surface area contributed by atoms with E-state index in [0.29, 0.717) is 11.6 Å². The molecule has 0 saturated heterocycles. The first-order valence-electron chi connectivity index (χ1n) is 7.77. The number of nitrogens with one attached hydrogen (secondary N) is 1. The fraction of sp³-hybridized carbons (Fsp3) is 0.0526. The standard InChI is InChI=1S/C19H15ClN4O2/c20-16-5-1-15(2-6-16)13-26-17-7-3-14(4-8-17)11-23-24-19(25)18-12-21-9-10-22-18/h1-12H,13H2,(H,24,25)/b23-11+. The zero-order chi connectivity index (χ0) is 18.2. The third kappa shape index (κ3) is 5.12. The van der Waals surface area contributed by atoms with Gasteiger partial charge in [0.25, 0.3) is 5.91 Å². The molecule has 0 fully saturated rings. The van der Waals surface area contributed by atoms with Gasteiger partial charge in [0.05, 0.1) is 12.4 Å². The van der Waals surface area contributed by atoms with E-state index in [9.17, 15) is 4.79 Å². The van der Waals surface area contributed by atoms with Gasteiger partial charge in [0.2, 0.25) is 0 Å². The van der Waals surface area contributed by atoms with E-state index in [0.717, 1.165) is 16.9 Å². The van der Waals surface area contributed by atoms with Crippen LogP contribution >= 0.6 is 11.6 Å². The summed E-state index contributed by atoms with van der Waals surface area (Å²) in [5.74, 6) is 0.318. The molecule has 1 heterocycles. The molecule has 0 radical (unpaired) electrons. The highest BCUT2D eigenvalue weighted by molar-refractivity contribution is 6.30. The predicted octanol–water partition coefficient (Wildman–Crippen LogP) is 3.47. The summed E-state index contributed by atoms with van der Waals surface area (Å²) in [5.41, 5.74) is 4.46. The molecule has 0 aliphatic heterocycles. The van der Waals surface area contributed by atoms with Gasteiger partial charge in [-0.1, -0.05) is 23.7 Å². The molecule has 0 aliphatic carbocycles. The molecule has 0 atom stereocenters. The minimum atomic E-state index is -0.419. The fourth-order valence-electron chi connectivity index (χ4n) is 2.04. The highest BCUT2D eigenvalue weighted by Crippen LogP contribution is 2.15. The Hall–Kier alpha value is -3.25. The van der Waals surface area contributed by atoms with Crippen molar-refractivity contribution in [3.05, 3.63) is 89.0 Å². The molecule has 0 spiro atoms. The van der Waals surface area contributed by atoms with Gasteiger partial charge in [-0.15, -0.1) is 0 Å². The third-order valence-electron chi connectivity index (χ3n) is 3.37. The van der Waals surface area contributed by atoms with Crippen molar-refractivity contribution < 1.29 is 9.53 Å². The van der Waals surface area contributed by atoms with Gasteiger partial charge in [0.15, 0.2) is 0 Å². The van der Waals surface area contributed by atoms with Crippen LogP contribution in [0.5, 0.6) is 5.75 Å². The summed E-state index contributed by atoms with van der Waals surface area (Å²) >= 11 is 5.86. The topological polar surface area (TPSA) is 76.5 Å². The van der Waals surface area contributed by atoms with Crippen molar-refractivity contribution in [2.45, 2.75) is 6.61 Å². The zero-order valence-corrected chi connectivity index (χ0v) is 14.4. The smallest absolute Gasteiger partial charge is 0.291 e. The van der Waals surface area contributed by atoms with Crippen molar-refractivity contribution in [1.82, 2.24) is 15.4 Å². The molecular formula is C19H15ClN4O2. The summed E-state index contributed by atoms with van der Waals surface area (Å²) in [5, 5.41) is 4.60. The summed E-state index contributed by atoms with van der Waals surface area (Å²) in [6.45, 7) is 0.457. The van der Waals surface area contributed by atoms with E-state index < -0.39 is 5.91 Å². The second-order valence-corrected chi connectivity index (χ2v) is 5.71. The Kier molecular flexibility index (Phi) is 5.90. The van der Waals surface area contributed by atoms with E-state index in [-0.39, 0.29) is 5.69 Å². The van der Waals surface area contributed by atoms with Crippen LogP contribution < -0.4 is 10.2 Å². The Balaban J connectivity index is 1.51. The summed E-state index contributed by atoms with van der Waals surface area (Å²) in [7, 11) is 0. The third-order valence-corrected chi connectivity index (χ3v) is 3.63. The van der Waals surface area contributed by atoms with Crippen molar-refractivity contribution >= 4 is 23.7 Å². The molecule has 7 heteroatoms. The Labute approximate surface area is 155 Å². The van der Waals surface area contributed by atoms with Crippen LogP contribution in [0.15, 0.2) is 72.2 Å². The lowest BCUT2D eigenvalue weighted by Crippen LogP contribution is -2.19. The van der Waals surface area contributed by atoms with E-state index in [1.54, 1.807) is 0 Å². The Morgan fingerprint density at radius 2 is 1.88 bits per heavy atom. The lowest BCUT2D eigenvalue weighted by Gasteiger charge is -2.06. The van der Waals surface area contributed by atoms with Crippen LogP contribution in [0.25, 0.3) is 0 Å². The van der Waals surface area contributed by atoms with Crippen molar-refractivity contribution in [3.63, 3.8) is 0 Å². The van der Waals surface area contributed by atoms with Crippen LogP contribution in [0.3, 0.4) is 0 Å². The summed E-state index contributed by atoms with van der Waals surface area (Å²) < 4.78 is 5.71. The maximum Gasteiger partial charge on any atom is 0.291 e. The van der Waals surface area contributed by atoms with Crippen molar-refractivity contribution in [2.75, 3.05) is 0 Å². The zero-order valence-electron chi connectivity index (χ0n) is 13.7. The first-order valence-corrected chi connectivity index (χ1v) is 8.15. The van der Waals surface area contributed by atoms with Crippen LogP contribution in [0, 0.1) is 0 Å². The molecule has 0 bridgehead atoms. The molecule has 1 N–H and O–H groups in total. The molecule has 0 aliphatic rings. The van der Waals surface area contributed by atoms with Crippen molar-refractivity contribution in [2.24, 2.45) is 5.10 Å². The number of carbonyl (C=O) groups excluding carboxylic acids is 1. The van der Waals surface area contributed by atoms with Crippen LogP contribution in [-0.4, -0.2) is 22.1 Å². The van der Waals surface area contributed by atoms with Crippen LogP contribution in [0.4, 0.5) is 0 Å². The molecule has 3 aromatic rings. The monoisotopic (exact) mass is 366 g/mol. The number of amides is 1. The van der Waals surface area contributed by atoms with Gasteiger partial charge in [0.1, 0.15) is 18.1 Å². The number of benzene rings is 2. The van der Waals surface area contributed by atoms with E-state index in [1.807, 2.05) is 48.5 Å². The molecule has 2 aromatic carbocycles. The quantitative estimate of drug-likeness (QED) is 0.535. The van der Waals surface area contributed by atoms with Crippen molar-refractivity contribution in [3.8, 4) is 5.75 Å². The van der Waals surface area contributed by atoms with E-state index in [2.05, 4.69) is 20.5 Å². The number of rotatable bonds is 6. The molecule has 26 heavy (non-hydrogen) atoms. The number of hydrogen-bond acceptors (Lipinski definition) is 5. The molecule has 0 unspecified atom stereocenters. The number of hydrogen-bond donors (Lipinski definition) is 1. The number of nitrogens with zero attached hydrogens (tertiary/aromatic N) is 3. The Morgan fingerprint density at radius 1 is 1.12 bits per heavy atom. The normalized spacial score (nSPS) is 10.7. The molecule has 1 amide bonds. The van der Waals surface area contributed by atoms with E-state index in [1.165, 1.54) is 24.8 Å². The summed E-state index contributed by atoms with van der Waals surface area (Å²) in [4.78, 5) is 19.5. The average molecular weight is 367 g/mol. The Bertz CT molecular complexity index is 882. The van der Waals surface area contributed by atoms with Crippen LogP contribution in [0.1, 0.15) is 21.6 Å². The number of halogens is 1. The highest BCUT2D eigenvalue weighted by Gasteiger charge is 2.04. The maximum atomic E-state index is 11.8. The molecule has 0 saturated carbocycles. The Morgan fingerprint density at radius 3 is 2.58 bits per heavy atom. The first-order chi connectivity index (χ1) is 12.7. The van der Waals surface area contributed by atoms with Gasteiger partial charge in [-0.25, -0.2) is 10.4 Å². The largest absolute Gasteiger partial charge is 0.489 e. The van der Waals surface area contributed by atoms with Gasteiger partial charge >= 0.3 is 0 Å². The second-order valence-electron chi connectivity index (χ2n) is 5.27. The molecule has 6 nitrogen and oxygen atoms in total. The maximum absolute atomic E-state index is 11.8. The summed E-state index contributed by atoms with van der Waals surface area (Å²) in [6, 6.07) is 14.9. The van der Waals surface area contributed by atoms with Crippen molar-refractivity contribution in [1.29, 1.82) is 0 Å². The highest BCUT2D eigenvalue weighted by atomic mass is 35.5. The number of ether oxygens (including phenoxy) is 1. The van der Waals surface area contributed by atoms with Gasteiger partial charge < -0.3 is 4.74 Å². The molecular weight excluding hydrogens is 352 g/mol. The number of hydrazone groups is 1. The van der Waals surface area contributed by atoms with Gasteiger partial charge in [-0.05, 0) is 47.5 Å². The average Bonchev–Trinajstić information content (AvgIpc) is 2.69. The van der Waals surface area contributed by atoms with Gasteiger partial charge in [-0.3, -0.25) is 9.78 Å². The van der Waals surface area contributed by atoms with Gasteiger partial charge in [0, 0.05) is 17.4 Å². The molecule has 3 rings (SSSR count). The number of carbonyl (C=O) groups is 1. The van der Waals surface area contributed by atoms with E-state index in [4.69, 9.17) is 16.3 Å². The number of aromatic nitrogens is 2. The van der Waals surface area contributed by atoms with E-state index >= 15 is 0 Å². The molecule has 1 aromatic heterocycles. The lowest BCUT2D eigenvalue weighted by atomic mass is 10.2. The SMILES string of the molecule is O=C(N/N=C/c1ccc(OCc2ccc(Cl)cc2)cc1)c1cnccn1. The van der Waals surface area contributed by atoms with Gasteiger partial charge in [-0.2, -0.15) is 5.10 Å². The summed E-state index contributed by atoms with van der Waals surface area (Å²) in [6.07, 6.45) is 5.85. The lowest BCUT2D eigenvalue weighted by molar-refractivity contribution is 0.0949. The predicted molar refractivity (Wildman–Crippen MR) is 99.3 cm³/mol. The second kappa shape index (κ2) is 8.73. The molecule has 130 valence electrons.